The maximum Gasteiger partial charge on any atom is 0.232 e. The third-order valence-electron chi connectivity index (χ3n) is 2.46. The molecule has 0 atom stereocenters. The van der Waals surface area contributed by atoms with Crippen LogP contribution in [-0.2, 0) is 19.5 Å². The number of nitrogens with zero attached hydrogens (tertiary/aromatic N) is 1. The molecule has 6 heteroatoms. The molecule has 0 heterocycles. The van der Waals surface area contributed by atoms with E-state index < -0.39 is 16.3 Å². The Bertz CT molecular complexity index is 455. The molecule has 0 saturated carbocycles. The van der Waals surface area contributed by atoms with Crippen LogP contribution in [0.25, 0.3) is 0 Å². The molecule has 1 aromatic carbocycles. The number of hydrogen-bond donors (Lipinski definition) is 0. The fourth-order valence-electron chi connectivity index (χ4n) is 1.69. The van der Waals surface area contributed by atoms with Crippen molar-refractivity contribution in [2.75, 3.05) is 30.3 Å². The van der Waals surface area contributed by atoms with E-state index >= 15 is 0 Å². The van der Waals surface area contributed by atoms with Crippen LogP contribution in [0.15, 0.2) is 30.3 Å². The van der Waals surface area contributed by atoms with Gasteiger partial charge in [-0.05, 0) is 26.0 Å². The van der Waals surface area contributed by atoms with Gasteiger partial charge in [0, 0.05) is 13.2 Å². The first kappa shape index (κ1) is 15.9. The van der Waals surface area contributed by atoms with Gasteiger partial charge in [-0.3, -0.25) is 4.31 Å². The lowest BCUT2D eigenvalue weighted by Gasteiger charge is -2.27. The smallest absolute Gasteiger partial charge is 0.232 e. The predicted molar refractivity (Wildman–Crippen MR) is 75.7 cm³/mol. The molecule has 0 aliphatic heterocycles. The molecule has 1 aromatic rings. The van der Waals surface area contributed by atoms with Gasteiger partial charge in [0.15, 0.2) is 6.29 Å². The van der Waals surface area contributed by atoms with Crippen LogP contribution in [0, 0.1) is 0 Å². The average molecular weight is 287 g/mol. The van der Waals surface area contributed by atoms with E-state index in [0.717, 1.165) is 0 Å². The van der Waals surface area contributed by atoms with Crippen LogP contribution >= 0.6 is 0 Å². The Balaban J connectivity index is 2.93. The van der Waals surface area contributed by atoms with Gasteiger partial charge in [-0.15, -0.1) is 0 Å². The van der Waals surface area contributed by atoms with Crippen molar-refractivity contribution < 1.29 is 17.9 Å². The van der Waals surface area contributed by atoms with E-state index in [4.69, 9.17) is 9.47 Å². The van der Waals surface area contributed by atoms with Gasteiger partial charge < -0.3 is 9.47 Å². The van der Waals surface area contributed by atoms with Gasteiger partial charge in [0.2, 0.25) is 10.0 Å². The lowest BCUT2D eigenvalue weighted by molar-refractivity contribution is -0.128. The van der Waals surface area contributed by atoms with Gasteiger partial charge in [0.1, 0.15) is 0 Å². The number of sulfonamides is 1. The van der Waals surface area contributed by atoms with E-state index in [-0.39, 0.29) is 6.54 Å². The van der Waals surface area contributed by atoms with Crippen LogP contribution in [0.3, 0.4) is 0 Å². The van der Waals surface area contributed by atoms with Gasteiger partial charge in [0.25, 0.3) is 0 Å². The molecule has 0 unspecified atom stereocenters. The summed E-state index contributed by atoms with van der Waals surface area (Å²) in [6, 6.07) is 8.92. The third kappa shape index (κ3) is 5.18. The molecule has 5 nitrogen and oxygen atoms in total. The second-order valence-corrected chi connectivity index (χ2v) is 5.88. The van der Waals surface area contributed by atoms with Crippen molar-refractivity contribution in [3.8, 4) is 0 Å². The Morgan fingerprint density at radius 2 is 1.63 bits per heavy atom. The summed E-state index contributed by atoms with van der Waals surface area (Å²) in [5.41, 5.74) is 0.606. The van der Waals surface area contributed by atoms with Crippen molar-refractivity contribution >= 4 is 15.7 Å². The Hall–Kier alpha value is -1.11. The molecular weight excluding hydrogens is 266 g/mol. The largest absolute Gasteiger partial charge is 0.351 e. The normalized spacial score (nSPS) is 11.8. The van der Waals surface area contributed by atoms with E-state index in [1.165, 1.54) is 10.6 Å². The van der Waals surface area contributed by atoms with Crippen LogP contribution < -0.4 is 4.31 Å². The van der Waals surface area contributed by atoms with E-state index in [1.807, 2.05) is 19.9 Å². The van der Waals surface area contributed by atoms with Gasteiger partial charge in [-0.2, -0.15) is 0 Å². The molecule has 0 fully saturated rings. The van der Waals surface area contributed by atoms with E-state index in [2.05, 4.69) is 0 Å². The van der Waals surface area contributed by atoms with E-state index in [0.29, 0.717) is 18.9 Å². The summed E-state index contributed by atoms with van der Waals surface area (Å²) in [4.78, 5) is 0. The molecule has 0 amide bonds. The quantitative estimate of drug-likeness (QED) is 0.685. The molecule has 0 aromatic heterocycles. The Kier molecular flexibility index (Phi) is 6.27. The summed E-state index contributed by atoms with van der Waals surface area (Å²) in [6.07, 6.45) is 0.611. The molecule has 19 heavy (non-hydrogen) atoms. The van der Waals surface area contributed by atoms with E-state index in [9.17, 15) is 8.42 Å². The summed E-state index contributed by atoms with van der Waals surface area (Å²) < 4.78 is 35.9. The van der Waals surface area contributed by atoms with Crippen LogP contribution in [0.1, 0.15) is 13.8 Å². The monoisotopic (exact) mass is 287 g/mol. The Morgan fingerprint density at radius 1 is 1.11 bits per heavy atom. The minimum atomic E-state index is -3.38. The number of ether oxygens (including phenoxy) is 2. The summed E-state index contributed by atoms with van der Waals surface area (Å²) in [7, 11) is -3.38. The highest BCUT2D eigenvalue weighted by molar-refractivity contribution is 7.92. The molecule has 0 N–H and O–H groups in total. The predicted octanol–water partition coefficient (Wildman–Crippen LogP) is 1.85. The summed E-state index contributed by atoms with van der Waals surface area (Å²) in [6.45, 7) is 4.78. The van der Waals surface area contributed by atoms with Crippen molar-refractivity contribution in [2.45, 2.75) is 20.1 Å². The van der Waals surface area contributed by atoms with Crippen LogP contribution in [0.4, 0.5) is 5.69 Å². The van der Waals surface area contributed by atoms with Gasteiger partial charge in [-0.25, -0.2) is 8.42 Å². The average Bonchev–Trinajstić information content (AvgIpc) is 2.36. The third-order valence-corrected chi connectivity index (χ3v) is 3.63. The van der Waals surface area contributed by atoms with Gasteiger partial charge in [-0.1, -0.05) is 18.2 Å². The molecule has 0 saturated heterocycles. The first-order valence-corrected chi connectivity index (χ1v) is 8.09. The fraction of sp³-hybridized carbons (Fsp3) is 0.538. The van der Waals surface area contributed by atoms with Crippen molar-refractivity contribution in [1.82, 2.24) is 0 Å². The molecule has 0 aliphatic carbocycles. The number of benzene rings is 1. The summed E-state index contributed by atoms with van der Waals surface area (Å²) in [5, 5.41) is 0. The molecular formula is C13H21NO4S. The molecule has 1 rings (SSSR count). The summed E-state index contributed by atoms with van der Waals surface area (Å²) in [5.74, 6) is 0. The number of anilines is 1. The second-order valence-electron chi connectivity index (χ2n) is 3.97. The first-order chi connectivity index (χ1) is 8.99. The van der Waals surface area contributed by atoms with E-state index in [1.54, 1.807) is 24.3 Å². The Labute approximate surface area is 115 Å². The SMILES string of the molecule is CCOC(CN(c1ccccc1)S(C)(=O)=O)OCC. The zero-order valence-corrected chi connectivity index (χ0v) is 12.4. The molecule has 0 spiro atoms. The van der Waals surface area contributed by atoms with Crippen molar-refractivity contribution in [3.63, 3.8) is 0 Å². The zero-order chi connectivity index (χ0) is 14.3. The Morgan fingerprint density at radius 3 is 2.05 bits per heavy atom. The van der Waals surface area contributed by atoms with Crippen LogP contribution in [-0.4, -0.2) is 40.7 Å². The minimum Gasteiger partial charge on any atom is -0.351 e. The minimum absolute atomic E-state index is 0.143. The topological polar surface area (TPSA) is 55.8 Å². The molecule has 0 bridgehead atoms. The van der Waals surface area contributed by atoms with Crippen LogP contribution in [0.2, 0.25) is 0 Å². The number of para-hydroxylation sites is 1. The maximum atomic E-state index is 11.9. The molecule has 108 valence electrons. The van der Waals surface area contributed by atoms with Crippen molar-refractivity contribution in [2.24, 2.45) is 0 Å². The second kappa shape index (κ2) is 7.47. The first-order valence-electron chi connectivity index (χ1n) is 6.25. The number of hydrogen-bond acceptors (Lipinski definition) is 4. The van der Waals surface area contributed by atoms with Gasteiger partial charge in [0.05, 0.1) is 18.5 Å². The van der Waals surface area contributed by atoms with Crippen molar-refractivity contribution in [1.29, 1.82) is 0 Å². The summed E-state index contributed by atoms with van der Waals surface area (Å²) >= 11 is 0. The van der Waals surface area contributed by atoms with Crippen LogP contribution in [0.5, 0.6) is 0 Å². The lowest BCUT2D eigenvalue weighted by atomic mass is 10.3. The number of rotatable bonds is 8. The standard InChI is InChI=1S/C13H21NO4S/c1-4-17-13(18-5-2)11-14(19(3,15)16)12-9-7-6-8-10-12/h6-10,13H,4-5,11H2,1-3H3. The molecule has 0 radical (unpaired) electrons. The van der Waals surface area contributed by atoms with Gasteiger partial charge >= 0.3 is 0 Å². The fourth-order valence-corrected chi connectivity index (χ4v) is 2.58. The zero-order valence-electron chi connectivity index (χ0n) is 11.6. The van der Waals surface area contributed by atoms with Crippen molar-refractivity contribution in [3.05, 3.63) is 30.3 Å². The molecule has 0 aliphatic rings. The highest BCUT2D eigenvalue weighted by Crippen LogP contribution is 2.18. The highest BCUT2D eigenvalue weighted by Gasteiger charge is 2.22. The highest BCUT2D eigenvalue weighted by atomic mass is 32.2. The maximum absolute atomic E-state index is 11.9. The lowest BCUT2D eigenvalue weighted by Crippen LogP contribution is -2.39.